The zero-order valence-corrected chi connectivity index (χ0v) is 19.6. The molecule has 172 valence electrons. The van der Waals surface area contributed by atoms with Crippen molar-refractivity contribution in [3.8, 4) is 5.69 Å². The van der Waals surface area contributed by atoms with Gasteiger partial charge in [-0.2, -0.15) is 5.10 Å². The number of carbonyl (C=O) groups excluding carboxylic acids is 1. The van der Waals surface area contributed by atoms with E-state index in [1.165, 1.54) is 41.7 Å². The minimum atomic E-state index is -0.514. The van der Waals surface area contributed by atoms with Crippen LogP contribution in [0.5, 0.6) is 0 Å². The SMILES string of the molecule is Cc1cc(C(N)=O)nn1-c1ccc2c(ccn2Cc2ccc(C3=C[C@H]4CN(C)C[C@H]4C3)cc2)c1. The van der Waals surface area contributed by atoms with Gasteiger partial charge in [0.1, 0.15) is 0 Å². The maximum atomic E-state index is 11.5. The van der Waals surface area contributed by atoms with E-state index in [4.69, 9.17) is 5.73 Å². The van der Waals surface area contributed by atoms with Gasteiger partial charge in [0.15, 0.2) is 5.69 Å². The lowest BCUT2D eigenvalue weighted by Gasteiger charge is -2.11. The predicted molar refractivity (Wildman–Crippen MR) is 135 cm³/mol. The highest BCUT2D eigenvalue weighted by Gasteiger charge is 2.34. The molecule has 0 saturated carbocycles. The first kappa shape index (κ1) is 20.9. The molecule has 3 heterocycles. The lowest BCUT2D eigenvalue weighted by atomic mass is 9.98. The predicted octanol–water partition coefficient (Wildman–Crippen LogP) is 4.25. The van der Waals surface area contributed by atoms with Crippen LogP contribution in [-0.2, 0) is 6.54 Å². The first-order valence-corrected chi connectivity index (χ1v) is 11.9. The number of fused-ring (bicyclic) bond motifs is 2. The van der Waals surface area contributed by atoms with Crippen LogP contribution in [0.2, 0.25) is 0 Å². The summed E-state index contributed by atoms with van der Waals surface area (Å²) in [6.45, 7) is 5.16. The molecule has 1 aliphatic carbocycles. The molecule has 6 nitrogen and oxygen atoms in total. The first-order valence-electron chi connectivity index (χ1n) is 11.9. The molecule has 2 aliphatic rings. The third-order valence-electron chi connectivity index (χ3n) is 7.39. The lowest BCUT2D eigenvalue weighted by molar-refractivity contribution is 0.0995. The molecule has 2 aromatic carbocycles. The third-order valence-corrected chi connectivity index (χ3v) is 7.39. The summed E-state index contributed by atoms with van der Waals surface area (Å²) in [5.41, 5.74) is 12.8. The highest BCUT2D eigenvalue weighted by Crippen LogP contribution is 2.40. The Balaban J connectivity index is 1.21. The number of hydrogen-bond acceptors (Lipinski definition) is 3. The molecule has 2 N–H and O–H groups in total. The molecule has 0 unspecified atom stereocenters. The number of nitrogens with zero attached hydrogens (tertiary/aromatic N) is 4. The number of rotatable bonds is 5. The van der Waals surface area contributed by atoms with E-state index in [0.717, 1.165) is 35.1 Å². The van der Waals surface area contributed by atoms with Crippen LogP contribution in [0.15, 0.2) is 66.9 Å². The van der Waals surface area contributed by atoms with Crippen LogP contribution in [-0.4, -0.2) is 45.3 Å². The first-order chi connectivity index (χ1) is 16.4. The van der Waals surface area contributed by atoms with Gasteiger partial charge in [-0.05, 0) is 79.3 Å². The van der Waals surface area contributed by atoms with Gasteiger partial charge in [-0.3, -0.25) is 4.79 Å². The van der Waals surface area contributed by atoms with Crippen molar-refractivity contribution < 1.29 is 4.79 Å². The van der Waals surface area contributed by atoms with Crippen LogP contribution < -0.4 is 5.73 Å². The molecule has 6 rings (SSSR count). The maximum Gasteiger partial charge on any atom is 0.269 e. The number of hydrogen-bond donors (Lipinski definition) is 1. The highest BCUT2D eigenvalue weighted by molar-refractivity contribution is 5.91. The Morgan fingerprint density at radius 1 is 1.09 bits per heavy atom. The summed E-state index contributed by atoms with van der Waals surface area (Å²) in [5.74, 6) is 1.01. The molecule has 1 fully saturated rings. The number of benzene rings is 2. The average Bonchev–Trinajstić information content (AvgIpc) is 3.57. The molecule has 2 aromatic heterocycles. The molecule has 0 bridgehead atoms. The van der Waals surface area contributed by atoms with Crippen LogP contribution in [0.3, 0.4) is 0 Å². The Hall–Kier alpha value is -3.64. The quantitative estimate of drug-likeness (QED) is 0.493. The Morgan fingerprint density at radius 3 is 2.65 bits per heavy atom. The molecule has 0 radical (unpaired) electrons. The molecule has 1 saturated heterocycles. The molecule has 1 aliphatic heterocycles. The van der Waals surface area contributed by atoms with Gasteiger partial charge >= 0.3 is 0 Å². The zero-order valence-electron chi connectivity index (χ0n) is 19.6. The van der Waals surface area contributed by atoms with Crippen LogP contribution in [0.4, 0.5) is 0 Å². The van der Waals surface area contributed by atoms with E-state index in [1.807, 2.05) is 13.0 Å². The Bertz CT molecular complexity index is 1430. The highest BCUT2D eigenvalue weighted by atomic mass is 16.1. The zero-order chi connectivity index (χ0) is 23.4. The largest absolute Gasteiger partial charge is 0.364 e. The van der Waals surface area contributed by atoms with Crippen molar-refractivity contribution in [2.24, 2.45) is 17.6 Å². The van der Waals surface area contributed by atoms with Gasteiger partial charge in [0.2, 0.25) is 0 Å². The second kappa shape index (κ2) is 7.99. The maximum absolute atomic E-state index is 11.5. The van der Waals surface area contributed by atoms with Crippen molar-refractivity contribution in [1.82, 2.24) is 19.2 Å². The molecule has 34 heavy (non-hydrogen) atoms. The number of aryl methyl sites for hydroxylation is 1. The summed E-state index contributed by atoms with van der Waals surface area (Å²) in [4.78, 5) is 13.9. The van der Waals surface area contributed by atoms with Gasteiger partial charge in [0.05, 0.1) is 5.69 Å². The van der Waals surface area contributed by atoms with E-state index in [2.05, 4.69) is 76.4 Å². The van der Waals surface area contributed by atoms with E-state index >= 15 is 0 Å². The Morgan fingerprint density at radius 2 is 1.91 bits per heavy atom. The summed E-state index contributed by atoms with van der Waals surface area (Å²) in [7, 11) is 2.23. The Kier molecular flexibility index (Phi) is 4.92. The summed E-state index contributed by atoms with van der Waals surface area (Å²) in [6.07, 6.45) is 5.84. The second-order valence-electron chi connectivity index (χ2n) is 9.87. The fourth-order valence-corrected chi connectivity index (χ4v) is 5.68. The van der Waals surface area contributed by atoms with E-state index in [1.54, 1.807) is 10.7 Å². The third kappa shape index (κ3) is 3.64. The molecular formula is C28H29N5O. The average molecular weight is 452 g/mol. The topological polar surface area (TPSA) is 69.1 Å². The van der Waals surface area contributed by atoms with Gasteiger partial charge in [-0.1, -0.05) is 30.3 Å². The Labute approximate surface area is 199 Å². The van der Waals surface area contributed by atoms with E-state index < -0.39 is 5.91 Å². The fraction of sp³-hybridized carbons (Fsp3) is 0.286. The summed E-state index contributed by atoms with van der Waals surface area (Å²) < 4.78 is 4.04. The van der Waals surface area contributed by atoms with Gasteiger partial charge in [-0.25, -0.2) is 4.68 Å². The standard InChI is InChI=1S/C28H29N5O/c1-18-11-26(28(29)34)30-33(18)25-7-8-27-21(14-25)9-10-32(27)15-19-3-5-20(6-4-19)22-12-23-16-31(2)17-24(23)13-22/h3-12,14,23-24H,13,15-17H2,1-2H3,(H2,29,34)/t23-,24+/m0/s1. The number of carbonyl (C=O) groups is 1. The van der Waals surface area contributed by atoms with Crippen LogP contribution in [0.1, 0.15) is 33.7 Å². The van der Waals surface area contributed by atoms with E-state index in [0.29, 0.717) is 0 Å². The normalized spacial score (nSPS) is 20.1. The number of likely N-dealkylation sites (tertiary alicyclic amines) is 1. The molecular weight excluding hydrogens is 422 g/mol. The smallest absolute Gasteiger partial charge is 0.269 e. The van der Waals surface area contributed by atoms with Gasteiger partial charge in [0, 0.05) is 42.4 Å². The van der Waals surface area contributed by atoms with Crippen molar-refractivity contribution in [1.29, 1.82) is 0 Å². The van der Waals surface area contributed by atoms with Crippen LogP contribution in [0.25, 0.3) is 22.2 Å². The minimum absolute atomic E-state index is 0.280. The van der Waals surface area contributed by atoms with Crippen molar-refractivity contribution in [3.05, 3.63) is 89.4 Å². The number of primary amides is 1. The fourth-order valence-electron chi connectivity index (χ4n) is 5.68. The molecule has 4 aromatic rings. The summed E-state index contributed by atoms with van der Waals surface area (Å²) in [6, 6.07) is 19.2. The number of aromatic nitrogens is 3. The molecule has 1 amide bonds. The second-order valence-corrected chi connectivity index (χ2v) is 9.87. The number of allylic oxidation sites excluding steroid dienone is 1. The molecule has 6 heteroatoms. The summed E-state index contributed by atoms with van der Waals surface area (Å²) in [5, 5.41) is 5.49. The number of amides is 1. The van der Waals surface area contributed by atoms with Gasteiger partial charge in [-0.15, -0.1) is 0 Å². The molecule has 2 atom stereocenters. The monoisotopic (exact) mass is 451 g/mol. The van der Waals surface area contributed by atoms with Crippen LogP contribution >= 0.6 is 0 Å². The van der Waals surface area contributed by atoms with E-state index in [-0.39, 0.29) is 5.69 Å². The van der Waals surface area contributed by atoms with Crippen molar-refractivity contribution in [2.75, 3.05) is 20.1 Å². The van der Waals surface area contributed by atoms with Crippen molar-refractivity contribution in [2.45, 2.75) is 19.9 Å². The van der Waals surface area contributed by atoms with Gasteiger partial charge < -0.3 is 15.2 Å². The summed E-state index contributed by atoms with van der Waals surface area (Å²) >= 11 is 0. The van der Waals surface area contributed by atoms with E-state index in [9.17, 15) is 4.79 Å². The number of nitrogens with two attached hydrogens (primary N) is 1. The molecule has 0 spiro atoms. The van der Waals surface area contributed by atoms with Crippen LogP contribution in [0, 0.1) is 18.8 Å². The lowest BCUT2D eigenvalue weighted by Crippen LogP contribution is -2.14. The minimum Gasteiger partial charge on any atom is -0.364 e. The van der Waals surface area contributed by atoms with Crippen molar-refractivity contribution in [3.63, 3.8) is 0 Å². The van der Waals surface area contributed by atoms with Crippen molar-refractivity contribution >= 4 is 22.4 Å². The van der Waals surface area contributed by atoms with Gasteiger partial charge in [0.25, 0.3) is 5.91 Å².